The Morgan fingerprint density at radius 1 is 0.576 bits per heavy atom. The zero-order valence-electron chi connectivity index (χ0n) is 19.4. The van der Waals surface area contributed by atoms with Gasteiger partial charge in [0.1, 0.15) is 0 Å². The maximum absolute atomic E-state index is 10.7. The second-order valence-corrected chi connectivity index (χ2v) is 15.6. The predicted octanol–water partition coefficient (Wildman–Crippen LogP) is 4.75. The summed E-state index contributed by atoms with van der Waals surface area (Å²) in [5.74, 6) is -2.26. The standard InChI is InChI=1S/2C11H8O2.2C3H7.Sn/c2*12-11(13)10-7-3-5-8-4-1-2-6-9(8)10;2*1-3-2;/h2*1-7H,(H,12,13);2*3H,1-2H3;/q;;;;+2/p-2. The summed E-state index contributed by atoms with van der Waals surface area (Å²) >= 11 is 0.0389. The average Bonchev–Trinajstić information content (AvgIpc) is 2.78. The molecule has 0 atom stereocenters. The number of carboxylic acids is 2. The fraction of sp³-hybridized carbons (Fsp3) is 0.214. The first-order valence-electron chi connectivity index (χ1n) is 10.8. The van der Waals surface area contributed by atoms with Crippen LogP contribution in [0.2, 0.25) is 7.87 Å². The van der Waals surface area contributed by atoms with E-state index in [2.05, 4.69) is 27.7 Å². The summed E-state index contributed by atoms with van der Waals surface area (Å²) in [5.41, 5.74) is 0.496. The Morgan fingerprint density at radius 2 is 0.909 bits per heavy atom. The molecular weight excluding hydrogens is 519 g/mol. The van der Waals surface area contributed by atoms with Crippen molar-refractivity contribution in [3.8, 4) is 0 Å². The quantitative estimate of drug-likeness (QED) is 0.346. The van der Waals surface area contributed by atoms with E-state index in [0.717, 1.165) is 29.4 Å². The van der Waals surface area contributed by atoms with Gasteiger partial charge in [0.25, 0.3) is 0 Å². The molecule has 5 heteroatoms. The van der Waals surface area contributed by atoms with Crippen LogP contribution in [0, 0.1) is 0 Å². The van der Waals surface area contributed by atoms with E-state index >= 15 is 0 Å². The van der Waals surface area contributed by atoms with Crippen LogP contribution in [-0.4, -0.2) is 33.1 Å². The smallest absolute Gasteiger partial charge is 0.0721 e. The molecule has 4 aromatic carbocycles. The largest absolute Gasteiger partial charge is 0.545 e. The Kier molecular flexibility index (Phi) is 10.4. The van der Waals surface area contributed by atoms with Gasteiger partial charge in [0.2, 0.25) is 0 Å². The van der Waals surface area contributed by atoms with Crippen LogP contribution in [-0.2, 0) is 0 Å². The average molecular weight is 547 g/mol. The summed E-state index contributed by atoms with van der Waals surface area (Å²) in [6.07, 6.45) is 0. The van der Waals surface area contributed by atoms with E-state index in [1.165, 1.54) is 0 Å². The zero-order chi connectivity index (χ0) is 24.4. The molecule has 0 saturated heterocycles. The minimum Gasteiger partial charge on any atom is -0.545 e. The molecule has 0 fully saturated rings. The molecule has 0 aliphatic carbocycles. The van der Waals surface area contributed by atoms with Gasteiger partial charge in [-0.25, -0.2) is 0 Å². The van der Waals surface area contributed by atoms with E-state index in [0.29, 0.717) is 0 Å². The van der Waals surface area contributed by atoms with E-state index in [4.69, 9.17) is 0 Å². The van der Waals surface area contributed by atoms with Crippen molar-refractivity contribution >= 4 is 54.6 Å². The molecule has 168 valence electrons. The van der Waals surface area contributed by atoms with Crippen molar-refractivity contribution in [3.05, 3.63) is 96.1 Å². The summed E-state index contributed by atoms with van der Waals surface area (Å²) in [7, 11) is 0. The van der Waals surface area contributed by atoms with Gasteiger partial charge in [-0.2, -0.15) is 0 Å². The van der Waals surface area contributed by atoms with Crippen molar-refractivity contribution in [1.29, 1.82) is 0 Å². The maximum atomic E-state index is 10.7. The van der Waals surface area contributed by atoms with Gasteiger partial charge in [0.05, 0.1) is 11.9 Å². The molecule has 4 nitrogen and oxygen atoms in total. The third-order valence-corrected chi connectivity index (χ3v) is 8.49. The molecule has 0 bridgehead atoms. The van der Waals surface area contributed by atoms with Gasteiger partial charge < -0.3 is 19.8 Å². The predicted molar refractivity (Wildman–Crippen MR) is 133 cm³/mol. The van der Waals surface area contributed by atoms with Crippen LogP contribution in [0.4, 0.5) is 0 Å². The van der Waals surface area contributed by atoms with Gasteiger partial charge in [-0.3, -0.25) is 0 Å². The zero-order valence-corrected chi connectivity index (χ0v) is 22.2. The maximum Gasteiger partial charge on any atom is 0.0721 e. The molecule has 33 heavy (non-hydrogen) atoms. The minimum absolute atomic E-state index is 0.0389. The first-order chi connectivity index (χ1) is 15.7. The summed E-state index contributed by atoms with van der Waals surface area (Å²) in [4.78, 5) is 21.4. The first-order valence-corrected chi connectivity index (χ1v) is 14.1. The van der Waals surface area contributed by atoms with E-state index in [1.807, 2.05) is 48.5 Å². The first kappa shape index (κ1) is 26.4. The number of rotatable bonds is 4. The second kappa shape index (κ2) is 13.0. The molecule has 4 aromatic rings. The summed E-state index contributed by atoms with van der Waals surface area (Å²) in [6.45, 7) is 9.36. The molecule has 0 aliphatic rings. The third kappa shape index (κ3) is 8.21. The van der Waals surface area contributed by atoms with E-state index in [1.54, 1.807) is 36.4 Å². The topological polar surface area (TPSA) is 80.3 Å². The van der Waals surface area contributed by atoms with Crippen LogP contribution in [0.25, 0.3) is 21.5 Å². The van der Waals surface area contributed by atoms with Crippen LogP contribution < -0.4 is 10.2 Å². The van der Waals surface area contributed by atoms with Gasteiger partial charge in [0.15, 0.2) is 0 Å². The van der Waals surface area contributed by atoms with Crippen molar-refractivity contribution < 1.29 is 19.8 Å². The van der Waals surface area contributed by atoms with Crippen LogP contribution in [0.1, 0.15) is 48.4 Å². The molecule has 0 radical (unpaired) electrons. The molecule has 0 aliphatic heterocycles. The number of carbonyl (C=O) groups is 2. The normalized spacial score (nSPS) is 10.1. The van der Waals surface area contributed by atoms with Crippen molar-refractivity contribution in [1.82, 2.24) is 0 Å². The van der Waals surface area contributed by atoms with Gasteiger partial charge >= 0.3 is 56.7 Å². The molecular formula is C28H28O4Sn. The van der Waals surface area contributed by atoms with Crippen molar-refractivity contribution in [2.24, 2.45) is 0 Å². The Balaban J connectivity index is 0.000000185. The number of hydrogen-bond acceptors (Lipinski definition) is 4. The third-order valence-electron chi connectivity index (χ3n) is 4.69. The SMILES string of the molecule is C[CH](C)[Sn+2][CH](C)C.O=C([O-])c1cccc2ccccc12.O=C([O-])c1cccc2ccccc12. The molecule has 0 amide bonds. The Hall–Kier alpha value is -2.86. The van der Waals surface area contributed by atoms with Crippen molar-refractivity contribution in [2.75, 3.05) is 0 Å². The second-order valence-electron chi connectivity index (χ2n) is 8.10. The molecule has 0 saturated carbocycles. The van der Waals surface area contributed by atoms with Gasteiger partial charge in [-0.05, 0) is 21.5 Å². The Labute approximate surface area is 205 Å². The molecule has 0 unspecified atom stereocenters. The van der Waals surface area contributed by atoms with E-state index in [9.17, 15) is 19.8 Å². The number of benzene rings is 4. The minimum atomic E-state index is -1.13. The Morgan fingerprint density at radius 3 is 1.21 bits per heavy atom. The van der Waals surface area contributed by atoms with Gasteiger partial charge in [0, 0.05) is 11.1 Å². The molecule has 0 spiro atoms. The molecule has 0 aromatic heterocycles. The molecule has 4 rings (SSSR count). The summed E-state index contributed by atoms with van der Waals surface area (Å²) < 4.78 is 2.09. The molecule has 0 N–H and O–H groups in total. The van der Waals surface area contributed by atoms with Gasteiger partial charge in [-0.1, -0.05) is 84.9 Å². The van der Waals surface area contributed by atoms with Crippen LogP contribution in [0.3, 0.4) is 0 Å². The number of fused-ring (bicyclic) bond motifs is 2. The number of hydrogen-bond donors (Lipinski definition) is 0. The monoisotopic (exact) mass is 548 g/mol. The summed E-state index contributed by atoms with van der Waals surface area (Å²) in [6, 6.07) is 25.0. The fourth-order valence-electron chi connectivity index (χ4n) is 3.47. The van der Waals surface area contributed by atoms with Crippen molar-refractivity contribution in [2.45, 2.75) is 35.6 Å². The van der Waals surface area contributed by atoms with E-state index in [-0.39, 0.29) is 32.3 Å². The number of carbonyl (C=O) groups excluding carboxylic acids is 2. The number of carboxylic acid groups (broad SMARTS) is 2. The van der Waals surface area contributed by atoms with Crippen LogP contribution in [0.5, 0.6) is 0 Å². The van der Waals surface area contributed by atoms with Crippen LogP contribution in [0.15, 0.2) is 84.9 Å². The van der Waals surface area contributed by atoms with Gasteiger partial charge in [-0.15, -0.1) is 0 Å². The Bertz CT molecular complexity index is 1110. The molecule has 0 heterocycles. The van der Waals surface area contributed by atoms with Crippen LogP contribution >= 0.6 is 0 Å². The fourth-order valence-corrected chi connectivity index (χ4v) is 7.28. The summed E-state index contributed by atoms with van der Waals surface area (Å²) in [5, 5.41) is 24.7. The van der Waals surface area contributed by atoms with E-state index < -0.39 is 11.9 Å². The van der Waals surface area contributed by atoms with Crippen molar-refractivity contribution in [3.63, 3.8) is 0 Å². The number of aromatic carboxylic acids is 2.